The van der Waals surface area contributed by atoms with Crippen molar-refractivity contribution in [1.29, 1.82) is 0 Å². The molecule has 12 heterocycles. The van der Waals surface area contributed by atoms with Crippen LogP contribution in [-0.4, -0.2) is 27.2 Å². The molecule has 16 nitrogen and oxygen atoms in total. The van der Waals surface area contributed by atoms with Gasteiger partial charge in [0.15, 0.2) is 99.1 Å². The highest BCUT2D eigenvalue weighted by Gasteiger charge is 2.47. The molecular weight excluding hydrogens is 1680 g/mol. The second-order valence-corrected chi connectivity index (χ2v) is 39.5. The highest BCUT2D eigenvalue weighted by atomic mass is 16.7. The lowest BCUT2D eigenvalue weighted by atomic mass is 9.75. The van der Waals surface area contributed by atoms with Crippen LogP contribution in [0.3, 0.4) is 0 Å². The predicted octanol–water partition coefficient (Wildman–Crippen LogP) is 26.2. The summed E-state index contributed by atoms with van der Waals surface area (Å²) in [6, 6.07) is 46.1. The van der Waals surface area contributed by atoms with E-state index < -0.39 is 0 Å². The largest absolute Gasteiger partial charge is 0.450 e. The first kappa shape index (κ1) is 96.2. The van der Waals surface area contributed by atoms with Crippen molar-refractivity contribution in [2.24, 2.45) is 28.2 Å². The summed E-state index contributed by atoms with van der Waals surface area (Å²) >= 11 is 0. The third-order valence-electron chi connectivity index (χ3n) is 29.7. The lowest BCUT2D eigenvalue weighted by Crippen LogP contribution is -2.37. The van der Waals surface area contributed by atoms with E-state index >= 15 is 0 Å². The van der Waals surface area contributed by atoms with Crippen LogP contribution in [0.15, 0.2) is 220 Å². The van der Waals surface area contributed by atoms with E-state index in [0.29, 0.717) is 0 Å². The SMILES string of the molecule is CCCCCCCCCCCC1c2cc3c4c(-[n+]5ccc(-c6cc[n+](C)cc6)cc5)c2OCOc2c1cc1c(c2-[n+]2ccc(-c5cc[n+](C)cc5)cc2)OCOc2c(cc5c(c2-[n+]2ccc(-c6cc[n+](C)cc6)cc2)OCOc2c(cc(c(c2-[n+]2ccc(-c6cc[n+](C)cc6)cc2)OCO4)C3CCCCCCCCCCC)C5CCCCCCCCCCC)C1CCCCCCCCCCC. The Morgan fingerprint density at radius 3 is 0.463 bits per heavy atom. The van der Waals surface area contributed by atoms with Crippen molar-refractivity contribution in [2.45, 2.75) is 308 Å². The van der Waals surface area contributed by atoms with Crippen molar-refractivity contribution in [3.63, 3.8) is 0 Å². The molecule has 4 aliphatic heterocycles. The summed E-state index contributed by atoms with van der Waals surface area (Å²) in [4.78, 5) is 0. The van der Waals surface area contributed by atoms with Crippen LogP contribution in [0.25, 0.3) is 67.3 Å². The average Bonchev–Trinajstić information content (AvgIpc) is 0.712. The van der Waals surface area contributed by atoms with Gasteiger partial charge in [0.25, 0.3) is 22.7 Å². The second kappa shape index (κ2) is 48.0. The fourth-order valence-corrected chi connectivity index (χ4v) is 21.9. The fraction of sp³-hybridized carbons (Fsp3) is 0.467. The van der Waals surface area contributed by atoms with Crippen molar-refractivity contribution < 1.29 is 74.4 Å². The molecule has 17 rings (SSSR count). The Hall–Kier alpha value is -11.5. The van der Waals surface area contributed by atoms with Crippen molar-refractivity contribution in [1.82, 2.24) is 0 Å². The lowest BCUT2D eigenvalue weighted by molar-refractivity contribution is -0.671. The van der Waals surface area contributed by atoms with Crippen LogP contribution in [0, 0.1) is 0 Å². The third-order valence-corrected chi connectivity index (χ3v) is 29.7. The summed E-state index contributed by atoms with van der Waals surface area (Å²) in [5.41, 5.74) is 21.2. The van der Waals surface area contributed by atoms with Crippen LogP contribution >= 0.6 is 0 Å². The number of aromatic nitrogens is 8. The van der Waals surface area contributed by atoms with E-state index in [4.69, 9.17) is 37.9 Å². The zero-order valence-electron chi connectivity index (χ0n) is 83.1. The number of pyridine rings is 8. The van der Waals surface area contributed by atoms with Crippen LogP contribution in [-0.2, 0) is 28.2 Å². The van der Waals surface area contributed by atoms with E-state index in [1.54, 1.807) is 0 Å². The van der Waals surface area contributed by atoms with Gasteiger partial charge in [0.1, 0.15) is 28.2 Å². The van der Waals surface area contributed by atoms with Crippen LogP contribution in [0.1, 0.15) is 353 Å². The molecule has 1 aliphatic carbocycles. The van der Waals surface area contributed by atoms with Gasteiger partial charge in [0.05, 0.1) is 0 Å². The highest BCUT2D eigenvalue weighted by Crippen LogP contribution is 2.60. The minimum atomic E-state index is -0.299. The highest BCUT2D eigenvalue weighted by molar-refractivity contribution is 5.75. The molecular formula is C120H152N8O8+8. The number of unbranched alkanes of at least 4 members (excludes halogenated alkanes) is 32. The number of rotatable bonds is 48. The molecule has 0 atom stereocenters. The number of ether oxygens (including phenoxy) is 8. The molecule has 0 amide bonds. The number of hydrogen-bond acceptors (Lipinski definition) is 8. The molecule has 4 aromatic carbocycles. The Labute approximate surface area is 811 Å². The molecule has 16 heteroatoms. The second-order valence-electron chi connectivity index (χ2n) is 39.5. The first-order chi connectivity index (χ1) is 67.0. The van der Waals surface area contributed by atoms with E-state index in [1.807, 2.05) is 0 Å². The monoisotopic (exact) mass is 1830 g/mol. The minimum absolute atomic E-state index is 0.118. The maximum Gasteiger partial charge on any atom is 0.296 e. The van der Waals surface area contributed by atoms with Gasteiger partial charge in [-0.25, -0.2) is 18.3 Å². The molecule has 8 aromatic heterocycles. The average molecular weight is 1830 g/mol. The fourth-order valence-electron chi connectivity index (χ4n) is 21.9. The summed E-state index contributed by atoms with van der Waals surface area (Å²) in [5.74, 6) is 4.72. The van der Waals surface area contributed by atoms with Gasteiger partial charge in [0, 0.05) is 165 Å². The van der Waals surface area contributed by atoms with E-state index in [2.05, 4.69) is 313 Å². The predicted molar refractivity (Wildman–Crippen MR) is 538 cm³/mol. The zero-order valence-corrected chi connectivity index (χ0v) is 83.1. The molecule has 5 aliphatic rings. The number of hydrogen-bond donors (Lipinski definition) is 0. The molecule has 8 bridgehead atoms. The quantitative estimate of drug-likeness (QED) is 0.0274. The molecule has 0 unspecified atom stereocenters. The molecule has 0 saturated carbocycles. The molecule has 0 saturated heterocycles. The molecule has 712 valence electrons. The van der Waals surface area contributed by atoms with Gasteiger partial charge in [-0.05, 0) is 94.5 Å². The normalized spacial score (nSPS) is 15.4. The van der Waals surface area contributed by atoms with E-state index in [1.165, 1.54) is 154 Å². The van der Waals surface area contributed by atoms with Crippen LogP contribution in [0.5, 0.6) is 46.0 Å². The van der Waals surface area contributed by atoms with E-state index in [-0.39, 0.29) is 50.8 Å². The lowest BCUT2D eigenvalue weighted by Gasteiger charge is -2.35. The van der Waals surface area contributed by atoms with E-state index in [9.17, 15) is 0 Å². The topological polar surface area (TPSA) is 105 Å². The maximum absolute atomic E-state index is 7.78. The van der Waals surface area contributed by atoms with Gasteiger partial charge in [0.2, 0.25) is 73.2 Å². The number of benzene rings is 4. The minimum Gasteiger partial charge on any atom is -0.450 e. The number of nitrogens with zero attached hydrogens (tertiary/aromatic N) is 8. The maximum atomic E-state index is 7.78. The molecule has 12 aromatic rings. The molecule has 0 N–H and O–H groups in total. The summed E-state index contributed by atoms with van der Waals surface area (Å²) in [6.45, 7) is 8.81. The molecule has 0 spiro atoms. The Kier molecular flexibility index (Phi) is 33.9. The summed E-state index contributed by atoms with van der Waals surface area (Å²) in [6.07, 6.45) is 81.1. The van der Waals surface area contributed by atoms with Crippen LogP contribution in [0.4, 0.5) is 0 Å². The Morgan fingerprint density at radius 2 is 0.316 bits per heavy atom. The summed E-state index contributed by atoms with van der Waals surface area (Å²) < 4.78 is 79.8. The third kappa shape index (κ3) is 23.0. The van der Waals surface area contributed by atoms with Gasteiger partial charge in [-0.2, -0.15) is 18.3 Å². The van der Waals surface area contributed by atoms with Crippen molar-refractivity contribution in [2.75, 3.05) is 27.2 Å². The standard InChI is InChI=1S/C120H152N8O8/c1-9-13-17-21-25-29-33-37-41-45-97-101-81-103-98(46-42-38-34-30-26-22-18-14-10-2)105-83-107-100(48-44-40-36-32-28-24-20-16-12-4)108-84-106-99(47-43-39-35-31-27-23-19-15-11-3)104-82-102(97)114-110(126-75-59-94(60-76-126)90-51-67-122(6)68-52-90)116(104)132-87-134-118(106)112(128-79-63-96(64-80-128)92-55-71-124(8)72-56-92)120(108)136-88-135-119(107)111(127-77-61-95(62-78-127)91-53-69-123(7)70-54-91)117(105)133-86-131-115(103)109(113(101)129-85-130-114)125-73-57-93(58-74-125)89-49-65-121(5)66-50-89/h49-84,97-100H,9-48,85-88H2,1-8H3/q+8. The number of aryl methyl sites for hydroxylation is 4. The first-order valence-electron chi connectivity index (χ1n) is 52.8. The molecule has 136 heavy (non-hydrogen) atoms. The van der Waals surface area contributed by atoms with Crippen molar-refractivity contribution in [3.8, 4) is 113 Å². The van der Waals surface area contributed by atoms with Crippen molar-refractivity contribution >= 4 is 0 Å². The van der Waals surface area contributed by atoms with Gasteiger partial charge in [-0.1, -0.05) is 259 Å². The smallest absolute Gasteiger partial charge is 0.296 e. The van der Waals surface area contributed by atoms with Gasteiger partial charge in [-0.15, -0.1) is 0 Å². The van der Waals surface area contributed by atoms with Gasteiger partial charge < -0.3 is 37.9 Å². The zero-order chi connectivity index (χ0) is 93.3. The Bertz CT molecular complexity index is 5030. The van der Waals surface area contributed by atoms with Crippen LogP contribution in [0.2, 0.25) is 0 Å². The van der Waals surface area contributed by atoms with Crippen molar-refractivity contribution in [3.05, 3.63) is 265 Å². The Morgan fingerprint density at radius 1 is 0.184 bits per heavy atom. The summed E-state index contributed by atoms with van der Waals surface area (Å²) in [7, 11) is 8.32. The van der Waals surface area contributed by atoms with Gasteiger partial charge in [-0.3, -0.25) is 0 Å². The molecule has 0 fully saturated rings. The first-order valence-corrected chi connectivity index (χ1v) is 52.8. The van der Waals surface area contributed by atoms with Crippen LogP contribution < -0.4 is 74.4 Å². The van der Waals surface area contributed by atoms with E-state index in [0.717, 1.165) is 260 Å². The van der Waals surface area contributed by atoms with Gasteiger partial charge >= 0.3 is 0 Å². The summed E-state index contributed by atoms with van der Waals surface area (Å²) in [5, 5.41) is 0. The Balaban J connectivity index is 0.990. The molecule has 0 radical (unpaired) electrons.